The highest BCUT2D eigenvalue weighted by molar-refractivity contribution is 6.06. The van der Waals surface area contributed by atoms with E-state index < -0.39 is 36.0 Å². The van der Waals surface area contributed by atoms with Gasteiger partial charge in [0.05, 0.1) is 32.4 Å². The van der Waals surface area contributed by atoms with Crippen molar-refractivity contribution in [2.45, 2.75) is 50.5 Å². The Hall–Kier alpha value is -5.33. The number of ether oxygens (including phenoxy) is 3. The zero-order valence-corrected chi connectivity index (χ0v) is 26.4. The van der Waals surface area contributed by atoms with Crippen molar-refractivity contribution in [1.82, 2.24) is 19.9 Å². The summed E-state index contributed by atoms with van der Waals surface area (Å²) >= 11 is 0. The number of carboxylic acid groups (broad SMARTS) is 1. The van der Waals surface area contributed by atoms with Gasteiger partial charge in [0.15, 0.2) is 28.8 Å². The Labute approximate surface area is 277 Å². The maximum atomic E-state index is 14.0. The van der Waals surface area contributed by atoms with E-state index >= 15 is 0 Å². The van der Waals surface area contributed by atoms with Crippen LogP contribution < -0.4 is 14.5 Å². The molecule has 13 nitrogen and oxygen atoms in total. The van der Waals surface area contributed by atoms with Gasteiger partial charge in [-0.05, 0) is 31.0 Å². The number of para-hydroxylation sites is 1. The predicted molar refractivity (Wildman–Crippen MR) is 170 cm³/mol. The van der Waals surface area contributed by atoms with Crippen molar-refractivity contribution < 1.29 is 41.7 Å². The van der Waals surface area contributed by atoms with Crippen LogP contribution in [-0.2, 0) is 14.3 Å². The molecule has 3 aliphatic rings. The van der Waals surface area contributed by atoms with Gasteiger partial charge in [0, 0.05) is 37.0 Å². The number of rotatable bonds is 6. The molecular formula is C34H30F2N6O7. The van der Waals surface area contributed by atoms with Crippen molar-refractivity contribution in [1.29, 1.82) is 0 Å². The first-order chi connectivity index (χ1) is 23.7. The minimum atomic E-state index is -2.99. The molecule has 15 heteroatoms. The molecule has 0 saturated carbocycles. The summed E-state index contributed by atoms with van der Waals surface area (Å²) in [5.41, 5.74) is 1.97. The first kappa shape index (κ1) is 31.0. The first-order valence-electron chi connectivity index (χ1n) is 15.7. The summed E-state index contributed by atoms with van der Waals surface area (Å²) < 4.78 is 57.5. The van der Waals surface area contributed by atoms with Crippen molar-refractivity contribution in [3.8, 4) is 17.7 Å². The highest BCUT2D eigenvalue weighted by atomic mass is 19.3. The van der Waals surface area contributed by atoms with E-state index in [9.17, 15) is 18.7 Å². The third-order valence-corrected chi connectivity index (χ3v) is 9.25. The Bertz CT molecular complexity index is 2140. The molecule has 1 aromatic carbocycles. The van der Waals surface area contributed by atoms with Gasteiger partial charge in [-0.25, -0.2) is 33.5 Å². The van der Waals surface area contributed by atoms with E-state index in [4.69, 9.17) is 23.0 Å². The molecular weight excluding hydrogens is 642 g/mol. The van der Waals surface area contributed by atoms with Crippen molar-refractivity contribution in [2.24, 2.45) is 0 Å². The highest BCUT2D eigenvalue weighted by Crippen LogP contribution is 2.41. The number of carbonyl (C=O) groups is 1. The number of fused-ring (bicyclic) bond motifs is 3. The SMILES string of the molecule is Cc1nc(C#Cc2cnc(O[C@H]3C[C@@H](C(=O)O)N(c4nc(C(F)F)nc5c4oc4ccccc45)C3)c(N3CCOC4(COC4)[C@@H]3C)c2)co1. The van der Waals surface area contributed by atoms with E-state index in [-0.39, 0.29) is 41.8 Å². The molecule has 0 unspecified atom stereocenters. The second-order valence-corrected chi connectivity index (χ2v) is 12.3. The van der Waals surface area contributed by atoms with Gasteiger partial charge in [0.25, 0.3) is 6.43 Å². The number of furan rings is 1. The number of aliphatic carboxylic acids is 1. The van der Waals surface area contributed by atoms with Gasteiger partial charge in [-0.2, -0.15) is 0 Å². The van der Waals surface area contributed by atoms with E-state index in [1.165, 1.54) is 11.2 Å². The second-order valence-electron chi connectivity index (χ2n) is 12.3. The number of pyridine rings is 1. The Morgan fingerprint density at radius 3 is 2.73 bits per heavy atom. The summed E-state index contributed by atoms with van der Waals surface area (Å²) in [7, 11) is 0. The molecule has 0 amide bonds. The average molecular weight is 673 g/mol. The van der Waals surface area contributed by atoms with Gasteiger partial charge in [-0.15, -0.1) is 0 Å². The standard InChI is InChI=1S/C34H30F2N6O7/c1-18-34(16-45-17-34)47-10-9-41(18)24-11-20(7-8-21-15-46-19(2)38-21)13-37-32(24)48-22-12-25(33(43)44)42(14-22)31-28-27(39-30(40-31)29(35)36)23-5-3-4-6-26(23)49-28/h3-6,11,13,15,18,22,25,29H,9-10,12,14,16-17H2,1-2H3,(H,43,44)/t18-,22-,25-/m0/s1. The van der Waals surface area contributed by atoms with Crippen molar-refractivity contribution in [3.63, 3.8) is 0 Å². The van der Waals surface area contributed by atoms with Crippen LogP contribution >= 0.6 is 0 Å². The molecule has 3 aliphatic heterocycles. The molecule has 0 bridgehead atoms. The summed E-state index contributed by atoms with van der Waals surface area (Å²) in [5.74, 6) is 4.92. The Morgan fingerprint density at radius 2 is 2.00 bits per heavy atom. The van der Waals surface area contributed by atoms with E-state index in [1.807, 2.05) is 13.0 Å². The van der Waals surface area contributed by atoms with Crippen molar-refractivity contribution >= 4 is 39.5 Å². The number of nitrogens with zero attached hydrogens (tertiary/aromatic N) is 6. The molecule has 7 heterocycles. The fourth-order valence-corrected chi connectivity index (χ4v) is 6.66. The normalized spacial score (nSPS) is 21.7. The maximum Gasteiger partial charge on any atom is 0.326 e. The second kappa shape index (κ2) is 12.0. The number of halogens is 2. The molecule has 8 rings (SSSR count). The molecule has 252 valence electrons. The van der Waals surface area contributed by atoms with E-state index in [1.54, 1.807) is 37.4 Å². The lowest BCUT2D eigenvalue weighted by molar-refractivity contribution is -0.228. The van der Waals surface area contributed by atoms with Crippen LogP contribution in [0.1, 0.15) is 42.7 Å². The minimum Gasteiger partial charge on any atom is -0.480 e. The lowest BCUT2D eigenvalue weighted by Crippen LogP contribution is -2.68. The summed E-state index contributed by atoms with van der Waals surface area (Å²) in [6.07, 6.45) is -0.620. The molecule has 1 spiro atoms. The number of hydrogen-bond donors (Lipinski definition) is 1. The van der Waals surface area contributed by atoms with Crippen LogP contribution in [0.3, 0.4) is 0 Å². The van der Waals surface area contributed by atoms with Crippen molar-refractivity contribution in [3.05, 3.63) is 65.8 Å². The topological polar surface area (TPSA) is 149 Å². The van der Waals surface area contributed by atoms with Crippen LogP contribution in [0.4, 0.5) is 20.3 Å². The van der Waals surface area contributed by atoms with Crippen LogP contribution in [0.15, 0.2) is 51.6 Å². The van der Waals surface area contributed by atoms with Crippen LogP contribution in [0.2, 0.25) is 0 Å². The molecule has 3 saturated heterocycles. The number of morpholine rings is 1. The fraction of sp³-hybridized carbons (Fsp3) is 0.382. The van der Waals surface area contributed by atoms with Crippen LogP contribution in [-0.4, -0.2) is 87.7 Å². The van der Waals surface area contributed by atoms with Crippen LogP contribution in [0, 0.1) is 18.8 Å². The molecule has 0 aliphatic carbocycles. The summed E-state index contributed by atoms with van der Waals surface area (Å²) in [5, 5.41) is 10.8. The van der Waals surface area contributed by atoms with Crippen LogP contribution in [0.5, 0.6) is 5.88 Å². The maximum absolute atomic E-state index is 14.0. The Morgan fingerprint density at radius 1 is 1.16 bits per heavy atom. The van der Waals surface area contributed by atoms with Crippen LogP contribution in [0.25, 0.3) is 22.1 Å². The quantitative estimate of drug-likeness (QED) is 0.252. The van der Waals surface area contributed by atoms with Gasteiger partial charge < -0.3 is 38.0 Å². The Kier molecular flexibility index (Phi) is 7.57. The predicted octanol–water partition coefficient (Wildman–Crippen LogP) is 4.51. The zero-order valence-electron chi connectivity index (χ0n) is 26.4. The lowest BCUT2D eigenvalue weighted by Gasteiger charge is -2.53. The smallest absolute Gasteiger partial charge is 0.326 e. The highest BCUT2D eigenvalue weighted by Gasteiger charge is 2.50. The minimum absolute atomic E-state index is 0.00737. The summed E-state index contributed by atoms with van der Waals surface area (Å²) in [6, 6.07) is 7.49. The molecule has 3 atom stereocenters. The summed E-state index contributed by atoms with van der Waals surface area (Å²) in [6.45, 7) is 5.68. The fourth-order valence-electron chi connectivity index (χ4n) is 6.66. The first-order valence-corrected chi connectivity index (χ1v) is 15.7. The number of alkyl halides is 2. The number of carboxylic acids is 1. The number of benzene rings is 1. The number of hydrogen-bond acceptors (Lipinski definition) is 12. The lowest BCUT2D eigenvalue weighted by atomic mass is 9.90. The molecule has 49 heavy (non-hydrogen) atoms. The molecule has 4 aromatic heterocycles. The van der Waals surface area contributed by atoms with Gasteiger partial charge >= 0.3 is 5.97 Å². The molecule has 0 radical (unpaired) electrons. The number of anilines is 2. The molecule has 3 fully saturated rings. The average Bonchev–Trinajstić information content (AvgIpc) is 3.80. The third-order valence-electron chi connectivity index (χ3n) is 9.25. The molecule has 1 N–H and O–H groups in total. The zero-order chi connectivity index (χ0) is 33.9. The third kappa shape index (κ3) is 5.46. The number of aryl methyl sites for hydroxylation is 1. The number of aromatic nitrogens is 4. The van der Waals surface area contributed by atoms with Gasteiger partial charge in [-0.1, -0.05) is 18.1 Å². The molecule has 5 aromatic rings. The van der Waals surface area contributed by atoms with Gasteiger partial charge in [0.1, 0.15) is 40.8 Å². The van der Waals surface area contributed by atoms with Crippen molar-refractivity contribution in [2.75, 3.05) is 42.7 Å². The number of oxazole rings is 1. The largest absolute Gasteiger partial charge is 0.480 e. The van der Waals surface area contributed by atoms with E-state index in [0.717, 1.165) is 0 Å². The van der Waals surface area contributed by atoms with E-state index in [2.05, 4.69) is 36.7 Å². The monoisotopic (exact) mass is 672 g/mol. The van der Waals surface area contributed by atoms with Gasteiger partial charge in [0.2, 0.25) is 5.88 Å². The van der Waals surface area contributed by atoms with Gasteiger partial charge in [-0.3, -0.25) is 0 Å². The van der Waals surface area contributed by atoms with E-state index in [0.29, 0.717) is 60.2 Å². The Balaban J connectivity index is 1.15. The summed E-state index contributed by atoms with van der Waals surface area (Å²) in [4.78, 5) is 33.3.